The van der Waals surface area contributed by atoms with Crippen molar-refractivity contribution in [2.24, 2.45) is 0 Å². The van der Waals surface area contributed by atoms with Gasteiger partial charge < -0.3 is 24.8 Å². The van der Waals surface area contributed by atoms with E-state index in [1.807, 2.05) is 0 Å². The van der Waals surface area contributed by atoms with Crippen LogP contribution in [0.4, 0.5) is 0 Å². The third-order valence-corrected chi connectivity index (χ3v) is 3.38. The number of benzene rings is 1. The van der Waals surface area contributed by atoms with E-state index in [-0.39, 0.29) is 30.9 Å². The third-order valence-electron chi connectivity index (χ3n) is 3.38. The Labute approximate surface area is 135 Å². The summed E-state index contributed by atoms with van der Waals surface area (Å²) in [5.41, 5.74) is 0.498. The summed E-state index contributed by atoms with van der Waals surface area (Å²) < 4.78 is 15.8. The van der Waals surface area contributed by atoms with Gasteiger partial charge in [0.1, 0.15) is 5.75 Å². The molecule has 1 fully saturated rings. The first-order valence-electron chi connectivity index (χ1n) is 7.57. The molecule has 0 radical (unpaired) electrons. The Morgan fingerprint density at radius 3 is 2.91 bits per heavy atom. The van der Waals surface area contributed by atoms with E-state index in [9.17, 15) is 9.59 Å². The van der Waals surface area contributed by atoms with Crippen LogP contribution in [0.15, 0.2) is 24.3 Å². The molecule has 1 saturated heterocycles. The van der Waals surface area contributed by atoms with Crippen LogP contribution < -0.4 is 15.4 Å². The first-order chi connectivity index (χ1) is 11.2. The lowest BCUT2D eigenvalue weighted by Crippen LogP contribution is -2.40. The highest BCUT2D eigenvalue weighted by atomic mass is 16.6. The van der Waals surface area contributed by atoms with E-state index in [1.54, 1.807) is 31.4 Å². The molecule has 2 rings (SSSR count). The van der Waals surface area contributed by atoms with Gasteiger partial charge >= 0.3 is 0 Å². The van der Waals surface area contributed by atoms with Crippen LogP contribution >= 0.6 is 0 Å². The predicted molar refractivity (Wildman–Crippen MR) is 83.5 cm³/mol. The summed E-state index contributed by atoms with van der Waals surface area (Å²) in [5.74, 6) is 0.246. The molecule has 0 spiro atoms. The fraction of sp³-hybridized carbons (Fsp3) is 0.500. The maximum atomic E-state index is 12.0. The highest BCUT2D eigenvalue weighted by Gasteiger charge is 2.15. The summed E-state index contributed by atoms with van der Waals surface area (Å²) in [5, 5.41) is 5.48. The zero-order valence-corrected chi connectivity index (χ0v) is 13.2. The van der Waals surface area contributed by atoms with Crippen molar-refractivity contribution >= 4 is 11.8 Å². The molecule has 23 heavy (non-hydrogen) atoms. The Hall–Kier alpha value is -2.12. The molecule has 2 N–H and O–H groups in total. The topological polar surface area (TPSA) is 85.9 Å². The summed E-state index contributed by atoms with van der Waals surface area (Å²) in [6.07, 6.45) is 0.114. The summed E-state index contributed by atoms with van der Waals surface area (Å²) in [6, 6.07) is 6.85. The molecule has 0 unspecified atom stereocenters. The zero-order chi connectivity index (χ0) is 16.5. The van der Waals surface area contributed by atoms with Gasteiger partial charge in [0.05, 0.1) is 33.0 Å². The van der Waals surface area contributed by atoms with Crippen molar-refractivity contribution in [1.82, 2.24) is 10.6 Å². The minimum Gasteiger partial charge on any atom is -0.497 e. The van der Waals surface area contributed by atoms with E-state index in [0.717, 1.165) is 0 Å². The Kier molecular flexibility index (Phi) is 6.83. The molecule has 2 amide bonds. The molecule has 7 heteroatoms. The van der Waals surface area contributed by atoms with Gasteiger partial charge in [-0.1, -0.05) is 6.07 Å². The zero-order valence-electron chi connectivity index (χ0n) is 13.2. The monoisotopic (exact) mass is 322 g/mol. The largest absolute Gasteiger partial charge is 0.497 e. The highest BCUT2D eigenvalue weighted by molar-refractivity contribution is 5.94. The molecule has 0 aromatic heterocycles. The fourth-order valence-electron chi connectivity index (χ4n) is 2.13. The van der Waals surface area contributed by atoms with Crippen molar-refractivity contribution in [2.75, 3.05) is 40.0 Å². The Bertz CT molecular complexity index is 529. The van der Waals surface area contributed by atoms with Gasteiger partial charge in [-0.25, -0.2) is 0 Å². The molecule has 0 bridgehead atoms. The smallest absolute Gasteiger partial charge is 0.251 e. The molecule has 1 heterocycles. The van der Waals surface area contributed by atoms with E-state index in [2.05, 4.69) is 10.6 Å². The molecule has 1 atom stereocenters. The van der Waals surface area contributed by atoms with Crippen LogP contribution in [0, 0.1) is 0 Å². The van der Waals surface area contributed by atoms with Crippen molar-refractivity contribution in [2.45, 2.75) is 12.5 Å². The molecular weight excluding hydrogens is 300 g/mol. The van der Waals surface area contributed by atoms with Gasteiger partial charge in [-0.3, -0.25) is 9.59 Å². The summed E-state index contributed by atoms with van der Waals surface area (Å²) in [7, 11) is 1.54. The van der Waals surface area contributed by atoms with Gasteiger partial charge in [-0.2, -0.15) is 0 Å². The predicted octanol–water partition coefficient (Wildman–Crippen LogP) is 0.347. The highest BCUT2D eigenvalue weighted by Crippen LogP contribution is 2.12. The molecule has 1 aromatic rings. The van der Waals surface area contributed by atoms with Crippen LogP contribution in [0.2, 0.25) is 0 Å². The molecule has 1 aromatic carbocycles. The third kappa shape index (κ3) is 5.88. The second-order valence-corrected chi connectivity index (χ2v) is 5.11. The van der Waals surface area contributed by atoms with Crippen LogP contribution in [-0.2, 0) is 14.3 Å². The summed E-state index contributed by atoms with van der Waals surface area (Å²) >= 11 is 0. The number of ether oxygens (including phenoxy) is 3. The number of methoxy groups -OCH3 is 1. The maximum Gasteiger partial charge on any atom is 0.251 e. The van der Waals surface area contributed by atoms with Crippen LogP contribution in [0.3, 0.4) is 0 Å². The number of carbonyl (C=O) groups is 2. The molecule has 0 aliphatic carbocycles. The minimum absolute atomic E-state index is 0.0981. The average molecular weight is 322 g/mol. The van der Waals surface area contributed by atoms with Crippen LogP contribution in [0.5, 0.6) is 5.75 Å². The molecule has 1 aliphatic heterocycles. The average Bonchev–Trinajstić information content (AvgIpc) is 2.60. The van der Waals surface area contributed by atoms with E-state index in [1.165, 1.54) is 0 Å². The van der Waals surface area contributed by atoms with Crippen molar-refractivity contribution in [1.29, 1.82) is 0 Å². The maximum absolute atomic E-state index is 12.0. The van der Waals surface area contributed by atoms with Crippen molar-refractivity contribution in [3.63, 3.8) is 0 Å². The quantitative estimate of drug-likeness (QED) is 0.756. The fourth-order valence-corrected chi connectivity index (χ4v) is 2.13. The number of nitrogens with one attached hydrogen (secondary N) is 2. The van der Waals surface area contributed by atoms with Gasteiger partial charge in [0, 0.05) is 25.1 Å². The van der Waals surface area contributed by atoms with Crippen LogP contribution in [-0.4, -0.2) is 57.9 Å². The van der Waals surface area contributed by atoms with E-state index in [4.69, 9.17) is 14.2 Å². The lowest BCUT2D eigenvalue weighted by atomic mass is 10.2. The van der Waals surface area contributed by atoms with Crippen LogP contribution in [0.25, 0.3) is 0 Å². The second-order valence-electron chi connectivity index (χ2n) is 5.11. The summed E-state index contributed by atoms with van der Waals surface area (Å²) in [6.45, 7) is 2.33. The molecular formula is C16H22N2O5. The van der Waals surface area contributed by atoms with Gasteiger partial charge in [0.15, 0.2) is 0 Å². The Morgan fingerprint density at radius 2 is 2.17 bits per heavy atom. The van der Waals surface area contributed by atoms with Crippen molar-refractivity contribution < 1.29 is 23.8 Å². The van der Waals surface area contributed by atoms with Crippen LogP contribution in [0.1, 0.15) is 16.8 Å². The SMILES string of the molecule is COc1cccc(C(=O)NCCC(=O)NC[C@@H]2COCCO2)c1. The first-order valence-corrected chi connectivity index (χ1v) is 7.57. The van der Waals surface area contributed by atoms with Gasteiger partial charge in [0.2, 0.25) is 5.91 Å². The standard InChI is InChI=1S/C16H22N2O5/c1-21-13-4-2-3-12(9-13)16(20)17-6-5-15(19)18-10-14-11-22-7-8-23-14/h2-4,9,14H,5-8,10-11H2,1H3,(H,17,20)(H,18,19)/t14-/m1/s1. The Balaban J connectivity index is 1.65. The molecule has 7 nitrogen and oxygen atoms in total. The van der Waals surface area contributed by atoms with E-state index >= 15 is 0 Å². The van der Waals surface area contributed by atoms with E-state index in [0.29, 0.717) is 37.7 Å². The van der Waals surface area contributed by atoms with Gasteiger partial charge in [-0.05, 0) is 18.2 Å². The lowest BCUT2D eigenvalue weighted by Gasteiger charge is -2.23. The van der Waals surface area contributed by atoms with Gasteiger partial charge in [0.25, 0.3) is 5.91 Å². The second kappa shape index (κ2) is 9.12. The van der Waals surface area contributed by atoms with E-state index < -0.39 is 0 Å². The number of carbonyl (C=O) groups excluding carboxylic acids is 2. The number of hydrogen-bond acceptors (Lipinski definition) is 5. The minimum atomic E-state index is -0.235. The van der Waals surface area contributed by atoms with Crippen molar-refractivity contribution in [3.05, 3.63) is 29.8 Å². The summed E-state index contributed by atoms with van der Waals surface area (Å²) in [4.78, 5) is 23.7. The van der Waals surface area contributed by atoms with Gasteiger partial charge in [-0.15, -0.1) is 0 Å². The molecule has 0 saturated carbocycles. The molecule has 1 aliphatic rings. The lowest BCUT2D eigenvalue weighted by molar-refractivity contribution is -0.123. The first kappa shape index (κ1) is 17.2. The van der Waals surface area contributed by atoms with Crippen molar-refractivity contribution in [3.8, 4) is 5.75 Å². The number of amides is 2. The Morgan fingerprint density at radius 1 is 1.30 bits per heavy atom. The number of rotatable bonds is 7. The normalized spacial score (nSPS) is 17.3. The number of hydrogen-bond donors (Lipinski definition) is 2. The molecule has 126 valence electrons.